The van der Waals surface area contributed by atoms with Gasteiger partial charge in [0.15, 0.2) is 0 Å². The summed E-state index contributed by atoms with van der Waals surface area (Å²) in [5, 5.41) is 0.405. The second kappa shape index (κ2) is 4.79. The highest BCUT2D eigenvalue weighted by Gasteiger charge is 2.38. The van der Waals surface area contributed by atoms with Crippen LogP contribution in [0.3, 0.4) is 0 Å². The lowest BCUT2D eigenvalue weighted by atomic mass is 10.1. The van der Waals surface area contributed by atoms with E-state index in [1.54, 1.807) is 24.3 Å². The molecule has 1 aliphatic rings. The van der Waals surface area contributed by atoms with Crippen LogP contribution >= 0.6 is 11.6 Å². The van der Waals surface area contributed by atoms with Gasteiger partial charge < -0.3 is 10.5 Å². The number of carbonyl (C=O) groups is 2. The van der Waals surface area contributed by atoms with Gasteiger partial charge in [0.1, 0.15) is 5.75 Å². The number of fused-ring (bicyclic) bond motifs is 1. The number of nitrogens with zero attached hydrogens (tertiary/aromatic N) is 1. The molecule has 0 fully saturated rings. The number of rotatable bonds is 2. The fraction of sp³-hybridized carbons (Fsp3) is 0.0667. The van der Waals surface area contributed by atoms with E-state index in [-0.39, 0.29) is 5.56 Å². The molecule has 0 aliphatic carbocycles. The number of ether oxygens (including phenoxy) is 1. The number of carbonyl (C=O) groups excluding carboxylic acids is 2. The van der Waals surface area contributed by atoms with Crippen molar-refractivity contribution in [3.63, 3.8) is 0 Å². The van der Waals surface area contributed by atoms with Crippen molar-refractivity contribution in [1.29, 1.82) is 0 Å². The Labute approximate surface area is 125 Å². The number of methoxy groups -OCH3 is 1. The molecular weight excluding hydrogens is 292 g/mol. The molecule has 0 atom stereocenters. The summed E-state index contributed by atoms with van der Waals surface area (Å²) in [5.41, 5.74) is 7.01. The highest BCUT2D eigenvalue weighted by molar-refractivity contribution is 6.36. The zero-order valence-corrected chi connectivity index (χ0v) is 11.8. The van der Waals surface area contributed by atoms with Crippen molar-refractivity contribution in [3.05, 3.63) is 52.5 Å². The predicted octanol–water partition coefficient (Wildman–Crippen LogP) is 2.73. The van der Waals surface area contributed by atoms with Crippen LogP contribution in [0, 0.1) is 0 Å². The number of amides is 2. The molecule has 1 heterocycles. The zero-order valence-electron chi connectivity index (χ0n) is 11.1. The molecule has 0 saturated heterocycles. The molecule has 0 unspecified atom stereocenters. The van der Waals surface area contributed by atoms with E-state index in [2.05, 4.69) is 0 Å². The van der Waals surface area contributed by atoms with Crippen molar-refractivity contribution in [1.82, 2.24) is 0 Å². The molecule has 2 amide bonds. The number of halogens is 1. The van der Waals surface area contributed by atoms with Gasteiger partial charge in [-0.15, -0.1) is 0 Å². The molecule has 106 valence electrons. The van der Waals surface area contributed by atoms with Crippen molar-refractivity contribution in [2.75, 3.05) is 17.7 Å². The lowest BCUT2D eigenvalue weighted by Crippen LogP contribution is -2.29. The summed E-state index contributed by atoms with van der Waals surface area (Å²) in [5.74, 6) is -0.472. The highest BCUT2D eigenvalue weighted by atomic mass is 35.5. The van der Waals surface area contributed by atoms with Crippen molar-refractivity contribution < 1.29 is 14.3 Å². The average Bonchev–Trinajstić information content (AvgIpc) is 2.70. The normalized spacial score (nSPS) is 13.5. The van der Waals surface area contributed by atoms with E-state index in [1.165, 1.54) is 19.2 Å². The van der Waals surface area contributed by atoms with Gasteiger partial charge in [0.2, 0.25) is 0 Å². The minimum Gasteiger partial charge on any atom is -0.495 e. The Morgan fingerprint density at radius 2 is 1.76 bits per heavy atom. The van der Waals surface area contributed by atoms with Crippen LogP contribution in [-0.2, 0) is 0 Å². The van der Waals surface area contributed by atoms with E-state index in [0.717, 1.165) is 4.90 Å². The quantitative estimate of drug-likeness (QED) is 0.684. The monoisotopic (exact) mass is 302 g/mol. The molecule has 21 heavy (non-hydrogen) atoms. The van der Waals surface area contributed by atoms with E-state index in [4.69, 9.17) is 22.1 Å². The summed E-state index contributed by atoms with van der Waals surface area (Å²) in [6.07, 6.45) is 0. The zero-order chi connectivity index (χ0) is 15.1. The Morgan fingerprint density at radius 3 is 2.48 bits per heavy atom. The molecule has 2 aromatic carbocycles. The molecule has 6 heteroatoms. The van der Waals surface area contributed by atoms with Gasteiger partial charge in [0.25, 0.3) is 11.8 Å². The van der Waals surface area contributed by atoms with Crippen molar-refractivity contribution in [2.24, 2.45) is 0 Å². The van der Waals surface area contributed by atoms with Crippen molar-refractivity contribution in [3.8, 4) is 5.75 Å². The van der Waals surface area contributed by atoms with Gasteiger partial charge in [-0.3, -0.25) is 9.59 Å². The van der Waals surface area contributed by atoms with Gasteiger partial charge in [-0.2, -0.15) is 0 Å². The molecule has 2 aromatic rings. The second-order valence-electron chi connectivity index (χ2n) is 4.57. The maximum atomic E-state index is 12.5. The lowest BCUT2D eigenvalue weighted by Gasteiger charge is -2.17. The number of anilines is 2. The number of hydrogen-bond donors (Lipinski definition) is 1. The number of nitrogen functional groups attached to an aromatic ring is 1. The number of hydrogen-bond acceptors (Lipinski definition) is 4. The number of nitrogens with two attached hydrogens (primary N) is 1. The smallest absolute Gasteiger partial charge is 0.266 e. The minimum absolute atomic E-state index is 0.280. The number of benzene rings is 2. The van der Waals surface area contributed by atoms with E-state index < -0.39 is 11.8 Å². The van der Waals surface area contributed by atoms with E-state index in [0.29, 0.717) is 27.7 Å². The fourth-order valence-corrected chi connectivity index (χ4v) is 2.48. The third-order valence-corrected chi connectivity index (χ3v) is 3.53. The first-order chi connectivity index (χ1) is 10.0. The molecule has 0 saturated carbocycles. The first-order valence-corrected chi connectivity index (χ1v) is 6.52. The third-order valence-electron chi connectivity index (χ3n) is 3.29. The van der Waals surface area contributed by atoms with E-state index in [1.807, 2.05) is 0 Å². The maximum Gasteiger partial charge on any atom is 0.266 e. The minimum atomic E-state index is -0.442. The average molecular weight is 303 g/mol. The Kier molecular flexibility index (Phi) is 3.07. The Bertz CT molecular complexity index is 774. The van der Waals surface area contributed by atoms with Crippen LogP contribution < -0.4 is 15.4 Å². The van der Waals surface area contributed by atoms with Gasteiger partial charge >= 0.3 is 0 Å². The topological polar surface area (TPSA) is 72.6 Å². The Hall–Kier alpha value is -2.53. The van der Waals surface area contributed by atoms with Gasteiger partial charge in [0, 0.05) is 10.7 Å². The summed E-state index contributed by atoms with van der Waals surface area (Å²) in [6, 6.07) is 9.37. The summed E-state index contributed by atoms with van der Waals surface area (Å²) in [4.78, 5) is 26.0. The fourth-order valence-electron chi connectivity index (χ4n) is 2.32. The SMILES string of the molecule is COc1ccc(Cl)cc1N1C(=O)c2ccc(N)cc2C1=O. The van der Waals surface area contributed by atoms with Crippen LogP contribution in [0.5, 0.6) is 5.75 Å². The number of imide groups is 1. The van der Waals surface area contributed by atoms with Crippen LogP contribution in [-0.4, -0.2) is 18.9 Å². The van der Waals surface area contributed by atoms with Crippen LogP contribution in [0.4, 0.5) is 11.4 Å². The maximum absolute atomic E-state index is 12.5. The molecule has 5 nitrogen and oxygen atoms in total. The van der Waals surface area contributed by atoms with Crippen LogP contribution in [0.25, 0.3) is 0 Å². The van der Waals surface area contributed by atoms with E-state index >= 15 is 0 Å². The highest BCUT2D eigenvalue weighted by Crippen LogP contribution is 2.36. The molecule has 0 radical (unpaired) electrons. The second-order valence-corrected chi connectivity index (χ2v) is 5.00. The van der Waals surface area contributed by atoms with Crippen molar-refractivity contribution in [2.45, 2.75) is 0 Å². The van der Waals surface area contributed by atoms with E-state index in [9.17, 15) is 9.59 Å². The summed E-state index contributed by atoms with van der Waals surface area (Å²) < 4.78 is 5.20. The van der Waals surface area contributed by atoms with Gasteiger partial charge in [-0.1, -0.05) is 11.6 Å². The summed E-state index contributed by atoms with van der Waals surface area (Å²) in [6.45, 7) is 0. The predicted molar refractivity (Wildman–Crippen MR) is 80.0 cm³/mol. The first kappa shape index (κ1) is 13.5. The first-order valence-electron chi connectivity index (χ1n) is 6.15. The lowest BCUT2D eigenvalue weighted by molar-refractivity contribution is 0.0925. The van der Waals surface area contributed by atoms with Crippen LogP contribution in [0.1, 0.15) is 20.7 Å². The molecule has 0 spiro atoms. The third kappa shape index (κ3) is 2.02. The van der Waals surface area contributed by atoms with Gasteiger partial charge in [-0.05, 0) is 36.4 Å². The summed E-state index contributed by atoms with van der Waals surface area (Å²) >= 11 is 5.96. The Morgan fingerprint density at radius 1 is 1.05 bits per heavy atom. The van der Waals surface area contributed by atoms with Crippen molar-refractivity contribution >= 4 is 34.8 Å². The van der Waals surface area contributed by atoms with Gasteiger partial charge in [-0.25, -0.2) is 4.90 Å². The molecule has 2 N–H and O–H groups in total. The largest absolute Gasteiger partial charge is 0.495 e. The standard InChI is InChI=1S/C15H11ClN2O3/c1-21-13-5-2-8(16)6-12(13)18-14(19)10-4-3-9(17)7-11(10)15(18)20/h2-7H,17H2,1H3. The summed E-state index contributed by atoms with van der Waals surface area (Å²) in [7, 11) is 1.46. The molecular formula is C15H11ClN2O3. The molecule has 0 aromatic heterocycles. The molecule has 1 aliphatic heterocycles. The molecule has 0 bridgehead atoms. The van der Waals surface area contributed by atoms with Crippen LogP contribution in [0.2, 0.25) is 5.02 Å². The van der Waals surface area contributed by atoms with Crippen LogP contribution in [0.15, 0.2) is 36.4 Å². The molecule has 3 rings (SSSR count). The Balaban J connectivity index is 2.16. The van der Waals surface area contributed by atoms with Gasteiger partial charge in [0.05, 0.1) is 23.9 Å².